The molecule has 84 valence electrons. The van der Waals surface area contributed by atoms with Crippen molar-refractivity contribution in [3.8, 4) is 0 Å². The first kappa shape index (κ1) is 11.2. The first-order valence-corrected chi connectivity index (χ1v) is 5.83. The van der Waals surface area contributed by atoms with Gasteiger partial charge in [-0.15, -0.1) is 0 Å². The molecule has 0 amide bonds. The average molecular weight is 235 g/mol. The van der Waals surface area contributed by atoms with E-state index in [1.807, 2.05) is 24.3 Å². The Labute approximate surface area is 101 Å². The van der Waals surface area contributed by atoms with Crippen LogP contribution in [0.25, 0.3) is 6.08 Å². The third kappa shape index (κ3) is 2.86. The largest absolute Gasteiger partial charge is 0.360 e. The maximum atomic E-state index is 5.83. The molecular formula is C13H15ClN2. The predicted octanol–water partition coefficient (Wildman–Crippen LogP) is 3.09. The van der Waals surface area contributed by atoms with Gasteiger partial charge < -0.3 is 4.90 Å². The molecule has 1 aromatic carbocycles. The third-order valence-electron chi connectivity index (χ3n) is 2.61. The van der Waals surface area contributed by atoms with Crippen molar-refractivity contribution in [3.63, 3.8) is 0 Å². The first-order valence-electron chi connectivity index (χ1n) is 5.45. The molecule has 0 unspecified atom stereocenters. The van der Waals surface area contributed by atoms with Crippen LogP contribution < -0.4 is 0 Å². The Morgan fingerprint density at radius 3 is 2.69 bits per heavy atom. The smallest absolute Gasteiger partial charge is 0.123 e. The van der Waals surface area contributed by atoms with Crippen LogP contribution in [-0.4, -0.2) is 30.9 Å². The molecule has 1 heterocycles. The Hall–Kier alpha value is -1.28. The Balaban J connectivity index is 2.08. The van der Waals surface area contributed by atoms with Gasteiger partial charge in [0.2, 0.25) is 0 Å². The van der Waals surface area contributed by atoms with E-state index in [1.54, 1.807) is 0 Å². The van der Waals surface area contributed by atoms with Gasteiger partial charge in [-0.2, -0.15) is 0 Å². The van der Waals surface area contributed by atoms with E-state index in [-0.39, 0.29) is 0 Å². The van der Waals surface area contributed by atoms with Crippen molar-refractivity contribution in [1.29, 1.82) is 0 Å². The zero-order chi connectivity index (χ0) is 11.4. The Bertz CT molecular complexity index is 406. The highest BCUT2D eigenvalue weighted by molar-refractivity contribution is 6.30. The average Bonchev–Trinajstić information content (AvgIpc) is 2.30. The van der Waals surface area contributed by atoms with Gasteiger partial charge in [-0.25, -0.2) is 0 Å². The van der Waals surface area contributed by atoms with E-state index in [0.717, 1.165) is 35.9 Å². The van der Waals surface area contributed by atoms with E-state index >= 15 is 0 Å². The molecule has 1 aliphatic rings. The minimum Gasteiger partial charge on any atom is -0.360 e. The summed E-state index contributed by atoms with van der Waals surface area (Å²) in [5.74, 6) is 1.06. The number of hydrogen-bond acceptors (Lipinski definition) is 2. The van der Waals surface area contributed by atoms with Crippen LogP contribution in [0.1, 0.15) is 12.0 Å². The lowest BCUT2D eigenvalue weighted by Gasteiger charge is -2.22. The fourth-order valence-electron chi connectivity index (χ4n) is 1.66. The van der Waals surface area contributed by atoms with Crippen molar-refractivity contribution in [1.82, 2.24) is 4.90 Å². The molecule has 2 rings (SSSR count). The van der Waals surface area contributed by atoms with Crippen LogP contribution in [0.4, 0.5) is 0 Å². The summed E-state index contributed by atoms with van der Waals surface area (Å²) in [6, 6.07) is 7.80. The number of amidine groups is 1. The number of likely N-dealkylation sites (N-methyl/N-ethyl adjacent to an activating group) is 1. The van der Waals surface area contributed by atoms with E-state index in [0.29, 0.717) is 0 Å². The lowest BCUT2D eigenvalue weighted by atomic mass is 10.2. The highest BCUT2D eigenvalue weighted by Gasteiger charge is 2.06. The molecule has 0 saturated heterocycles. The number of nitrogens with zero attached hydrogens (tertiary/aromatic N) is 2. The van der Waals surface area contributed by atoms with Crippen LogP contribution in [0.5, 0.6) is 0 Å². The van der Waals surface area contributed by atoms with Gasteiger partial charge >= 0.3 is 0 Å². The van der Waals surface area contributed by atoms with Crippen LogP contribution in [-0.2, 0) is 0 Å². The van der Waals surface area contributed by atoms with Gasteiger partial charge in [0.1, 0.15) is 5.84 Å². The number of hydrogen-bond donors (Lipinski definition) is 0. The van der Waals surface area contributed by atoms with E-state index in [9.17, 15) is 0 Å². The molecule has 0 fully saturated rings. The van der Waals surface area contributed by atoms with Crippen LogP contribution in [0.2, 0.25) is 5.02 Å². The van der Waals surface area contributed by atoms with Gasteiger partial charge in [0.25, 0.3) is 0 Å². The van der Waals surface area contributed by atoms with Gasteiger partial charge in [0.15, 0.2) is 0 Å². The van der Waals surface area contributed by atoms with Crippen LogP contribution in [0, 0.1) is 0 Å². The summed E-state index contributed by atoms with van der Waals surface area (Å²) in [4.78, 5) is 6.65. The minimum absolute atomic E-state index is 0.768. The molecule has 0 radical (unpaired) electrons. The first-order chi connectivity index (χ1) is 7.75. The molecule has 0 aliphatic carbocycles. The summed E-state index contributed by atoms with van der Waals surface area (Å²) in [5.41, 5.74) is 1.14. The normalized spacial score (nSPS) is 16.6. The van der Waals surface area contributed by atoms with E-state index < -0.39 is 0 Å². The third-order valence-corrected chi connectivity index (χ3v) is 2.86. The lowest BCUT2D eigenvalue weighted by molar-refractivity contribution is 0.470. The summed E-state index contributed by atoms with van der Waals surface area (Å²) >= 11 is 5.83. The molecule has 0 atom stereocenters. The summed E-state index contributed by atoms with van der Waals surface area (Å²) < 4.78 is 0. The zero-order valence-electron chi connectivity index (χ0n) is 9.36. The second-order valence-electron chi connectivity index (χ2n) is 3.90. The summed E-state index contributed by atoms with van der Waals surface area (Å²) in [6.45, 7) is 2.02. The highest BCUT2D eigenvalue weighted by Crippen LogP contribution is 2.11. The SMILES string of the molecule is CN1CCCN=C1/C=C/c1ccc(Cl)cc1. The Morgan fingerprint density at radius 1 is 1.25 bits per heavy atom. The molecule has 0 aromatic heterocycles. The topological polar surface area (TPSA) is 15.6 Å². The van der Waals surface area contributed by atoms with Gasteiger partial charge in [0.05, 0.1) is 0 Å². The fraction of sp³-hybridized carbons (Fsp3) is 0.308. The van der Waals surface area contributed by atoms with Crippen LogP contribution in [0.3, 0.4) is 0 Å². The lowest BCUT2D eigenvalue weighted by Crippen LogP contribution is -2.30. The van der Waals surface area contributed by atoms with Gasteiger partial charge in [0, 0.05) is 25.2 Å². The summed E-state index contributed by atoms with van der Waals surface area (Å²) in [5, 5.41) is 0.768. The van der Waals surface area contributed by atoms with E-state index in [4.69, 9.17) is 11.6 Å². The Kier molecular flexibility index (Phi) is 3.62. The van der Waals surface area contributed by atoms with E-state index in [1.165, 1.54) is 0 Å². The van der Waals surface area contributed by atoms with Crippen molar-refractivity contribution >= 4 is 23.5 Å². The number of halogens is 1. The Morgan fingerprint density at radius 2 is 2.00 bits per heavy atom. The van der Waals surface area contributed by atoms with Crippen molar-refractivity contribution < 1.29 is 0 Å². The van der Waals surface area contributed by atoms with E-state index in [2.05, 4.69) is 29.1 Å². The monoisotopic (exact) mass is 234 g/mol. The number of benzene rings is 1. The highest BCUT2D eigenvalue weighted by atomic mass is 35.5. The van der Waals surface area contributed by atoms with Gasteiger partial charge in [-0.05, 0) is 30.2 Å². The molecule has 2 nitrogen and oxygen atoms in total. The predicted molar refractivity (Wildman–Crippen MR) is 70.0 cm³/mol. The van der Waals surface area contributed by atoms with Crippen LogP contribution >= 0.6 is 11.6 Å². The van der Waals surface area contributed by atoms with Gasteiger partial charge in [-0.1, -0.05) is 29.8 Å². The maximum Gasteiger partial charge on any atom is 0.123 e. The van der Waals surface area contributed by atoms with Crippen molar-refractivity contribution in [2.75, 3.05) is 20.1 Å². The number of rotatable bonds is 2. The number of aliphatic imine (C=N–C) groups is 1. The molecule has 3 heteroatoms. The fourth-order valence-corrected chi connectivity index (χ4v) is 1.79. The molecule has 0 bridgehead atoms. The molecular weight excluding hydrogens is 220 g/mol. The molecule has 0 saturated carbocycles. The second kappa shape index (κ2) is 5.17. The molecule has 1 aliphatic heterocycles. The van der Waals surface area contributed by atoms with Crippen molar-refractivity contribution in [2.45, 2.75) is 6.42 Å². The molecule has 16 heavy (non-hydrogen) atoms. The standard InChI is InChI=1S/C13H15ClN2/c1-16-10-2-9-15-13(16)8-5-11-3-6-12(14)7-4-11/h3-8H,2,9-10H2,1H3/b8-5+. The summed E-state index contributed by atoms with van der Waals surface area (Å²) in [6.07, 6.45) is 5.27. The quantitative estimate of drug-likeness (QED) is 0.768. The minimum atomic E-state index is 0.768. The van der Waals surface area contributed by atoms with Crippen molar-refractivity contribution in [3.05, 3.63) is 40.9 Å². The van der Waals surface area contributed by atoms with Gasteiger partial charge in [-0.3, -0.25) is 4.99 Å². The molecule has 0 spiro atoms. The molecule has 0 N–H and O–H groups in total. The summed E-state index contributed by atoms with van der Waals surface area (Å²) in [7, 11) is 2.07. The maximum absolute atomic E-state index is 5.83. The second-order valence-corrected chi connectivity index (χ2v) is 4.34. The van der Waals surface area contributed by atoms with Crippen molar-refractivity contribution in [2.24, 2.45) is 4.99 Å². The van der Waals surface area contributed by atoms with Crippen LogP contribution in [0.15, 0.2) is 35.3 Å². The molecule has 1 aromatic rings. The zero-order valence-corrected chi connectivity index (χ0v) is 10.1.